The van der Waals surface area contributed by atoms with Crippen LogP contribution in [0, 0.1) is 0 Å². The van der Waals surface area contributed by atoms with E-state index in [2.05, 4.69) is 10.3 Å². The number of nitrogens with one attached hydrogen (secondary N) is 1. The van der Waals surface area contributed by atoms with E-state index in [1.165, 1.54) is 12.3 Å². The summed E-state index contributed by atoms with van der Waals surface area (Å²) >= 11 is 12.1. The molecule has 0 radical (unpaired) electrons. The summed E-state index contributed by atoms with van der Waals surface area (Å²) in [5, 5.41) is 4.68. The Bertz CT molecular complexity index is 1130. The Kier molecular flexibility index (Phi) is 5.99. The zero-order valence-electron chi connectivity index (χ0n) is 16.2. The molecule has 1 aliphatic heterocycles. The molecule has 0 atom stereocenters. The SMILES string of the molecule is O=C(NC1CCN(c2nccc3cc(C(F)(F)F)ccc23)CC1)c1cccc(Cl)c1Cl. The van der Waals surface area contributed by atoms with Crippen molar-refractivity contribution in [2.24, 2.45) is 0 Å². The second-order valence-corrected chi connectivity index (χ2v) is 8.19. The lowest BCUT2D eigenvalue weighted by molar-refractivity contribution is -0.137. The third kappa shape index (κ3) is 4.57. The van der Waals surface area contributed by atoms with Crippen LogP contribution < -0.4 is 10.2 Å². The molecule has 3 aromatic rings. The zero-order valence-corrected chi connectivity index (χ0v) is 17.7. The van der Waals surface area contributed by atoms with E-state index >= 15 is 0 Å². The number of benzene rings is 2. The fraction of sp³-hybridized carbons (Fsp3) is 0.273. The standard InChI is InChI=1S/C22H18Cl2F3N3O/c23-18-3-1-2-17(19(18)24)21(31)29-15-7-10-30(11-8-15)20-16-5-4-14(22(25,26)27)12-13(16)6-9-28-20/h1-6,9,12,15H,7-8,10-11H2,(H,29,31). The Morgan fingerprint density at radius 1 is 1.10 bits per heavy atom. The number of hydrogen-bond acceptors (Lipinski definition) is 3. The first-order chi connectivity index (χ1) is 14.7. The maximum Gasteiger partial charge on any atom is 0.416 e. The molecular formula is C22H18Cl2F3N3O. The van der Waals surface area contributed by atoms with Crippen molar-refractivity contribution in [2.45, 2.75) is 25.1 Å². The molecule has 1 aromatic heterocycles. The average molecular weight is 468 g/mol. The number of halogens is 5. The lowest BCUT2D eigenvalue weighted by Crippen LogP contribution is -2.45. The first kappa shape index (κ1) is 21.7. The van der Waals surface area contributed by atoms with Gasteiger partial charge in [0.15, 0.2) is 0 Å². The van der Waals surface area contributed by atoms with Crippen molar-refractivity contribution in [3.8, 4) is 0 Å². The molecule has 2 heterocycles. The summed E-state index contributed by atoms with van der Waals surface area (Å²) in [4.78, 5) is 19.0. The molecule has 4 nitrogen and oxygen atoms in total. The van der Waals surface area contributed by atoms with Crippen molar-refractivity contribution >= 4 is 45.7 Å². The van der Waals surface area contributed by atoms with Crippen LogP contribution in [-0.4, -0.2) is 30.0 Å². The Balaban J connectivity index is 1.46. The molecule has 1 saturated heterocycles. The van der Waals surface area contributed by atoms with E-state index in [1.54, 1.807) is 24.3 Å². The number of anilines is 1. The van der Waals surface area contributed by atoms with Crippen LogP contribution in [0.2, 0.25) is 10.0 Å². The fourth-order valence-electron chi connectivity index (χ4n) is 3.77. The highest BCUT2D eigenvalue weighted by Gasteiger charge is 2.31. The van der Waals surface area contributed by atoms with E-state index in [-0.39, 0.29) is 17.0 Å². The number of alkyl halides is 3. The van der Waals surface area contributed by atoms with E-state index in [4.69, 9.17) is 23.2 Å². The summed E-state index contributed by atoms with van der Waals surface area (Å²) in [5.74, 6) is 0.364. The Morgan fingerprint density at radius 2 is 1.84 bits per heavy atom. The number of pyridine rings is 1. The topological polar surface area (TPSA) is 45.2 Å². The highest BCUT2D eigenvalue weighted by molar-refractivity contribution is 6.43. The number of fused-ring (bicyclic) bond motifs is 1. The normalized spacial score (nSPS) is 15.3. The van der Waals surface area contributed by atoms with E-state index in [0.29, 0.717) is 53.1 Å². The minimum Gasteiger partial charge on any atom is -0.356 e. The summed E-state index contributed by atoms with van der Waals surface area (Å²) < 4.78 is 39.0. The van der Waals surface area contributed by atoms with Gasteiger partial charge in [0, 0.05) is 30.7 Å². The highest BCUT2D eigenvalue weighted by atomic mass is 35.5. The molecule has 1 N–H and O–H groups in total. The van der Waals surface area contributed by atoms with Crippen molar-refractivity contribution < 1.29 is 18.0 Å². The number of carbonyl (C=O) groups excluding carboxylic acids is 1. The molecule has 0 aliphatic carbocycles. The molecule has 162 valence electrons. The van der Waals surface area contributed by atoms with Gasteiger partial charge in [-0.05, 0) is 48.6 Å². The summed E-state index contributed by atoms with van der Waals surface area (Å²) in [6, 6.07) is 10.1. The smallest absolute Gasteiger partial charge is 0.356 e. The predicted octanol–water partition coefficient (Wildman–Crippen LogP) is 5.96. The van der Waals surface area contributed by atoms with Crippen LogP contribution in [0.4, 0.5) is 19.0 Å². The Labute approximate surface area is 187 Å². The number of rotatable bonds is 3. The van der Waals surface area contributed by atoms with Crippen molar-refractivity contribution in [1.82, 2.24) is 10.3 Å². The van der Waals surface area contributed by atoms with Crippen LogP contribution in [0.5, 0.6) is 0 Å². The Morgan fingerprint density at radius 3 is 2.55 bits per heavy atom. The quantitative estimate of drug-likeness (QED) is 0.516. The second-order valence-electron chi connectivity index (χ2n) is 7.40. The molecule has 4 rings (SSSR count). The summed E-state index contributed by atoms with van der Waals surface area (Å²) in [7, 11) is 0. The number of aromatic nitrogens is 1. The van der Waals surface area contributed by atoms with Crippen LogP contribution in [0.1, 0.15) is 28.8 Å². The number of hydrogen-bond donors (Lipinski definition) is 1. The van der Waals surface area contributed by atoms with Gasteiger partial charge in [-0.25, -0.2) is 4.98 Å². The second kappa shape index (κ2) is 8.55. The highest BCUT2D eigenvalue weighted by Crippen LogP contribution is 2.34. The van der Waals surface area contributed by atoms with Crippen LogP contribution in [0.25, 0.3) is 10.8 Å². The van der Waals surface area contributed by atoms with Crippen molar-refractivity contribution in [2.75, 3.05) is 18.0 Å². The lowest BCUT2D eigenvalue weighted by Gasteiger charge is -2.33. The molecular weight excluding hydrogens is 450 g/mol. The van der Waals surface area contributed by atoms with Crippen molar-refractivity contribution in [1.29, 1.82) is 0 Å². The summed E-state index contributed by atoms with van der Waals surface area (Å²) in [6.45, 7) is 1.22. The van der Waals surface area contributed by atoms with Crippen molar-refractivity contribution in [3.05, 3.63) is 69.8 Å². The van der Waals surface area contributed by atoms with E-state index in [0.717, 1.165) is 12.1 Å². The molecule has 9 heteroatoms. The van der Waals surface area contributed by atoms with Crippen LogP contribution >= 0.6 is 23.2 Å². The van der Waals surface area contributed by atoms with E-state index < -0.39 is 11.7 Å². The molecule has 0 bridgehead atoms. The average Bonchev–Trinajstić information content (AvgIpc) is 2.74. The van der Waals surface area contributed by atoms with Gasteiger partial charge in [-0.15, -0.1) is 0 Å². The maximum atomic E-state index is 13.0. The van der Waals surface area contributed by atoms with Gasteiger partial charge in [0.2, 0.25) is 0 Å². The molecule has 0 unspecified atom stereocenters. The number of piperidine rings is 1. The van der Waals surface area contributed by atoms with Gasteiger partial charge in [0.05, 0.1) is 21.2 Å². The molecule has 1 amide bonds. The first-order valence-electron chi connectivity index (χ1n) is 9.70. The lowest BCUT2D eigenvalue weighted by atomic mass is 10.0. The van der Waals surface area contributed by atoms with Gasteiger partial charge in [0.1, 0.15) is 5.82 Å². The van der Waals surface area contributed by atoms with Crippen molar-refractivity contribution in [3.63, 3.8) is 0 Å². The van der Waals surface area contributed by atoms with Gasteiger partial charge >= 0.3 is 6.18 Å². The minimum absolute atomic E-state index is 0.0504. The van der Waals surface area contributed by atoms with Gasteiger partial charge in [0.25, 0.3) is 5.91 Å². The fourth-order valence-corrected chi connectivity index (χ4v) is 4.15. The Hall–Kier alpha value is -2.51. The third-order valence-electron chi connectivity index (χ3n) is 5.40. The zero-order chi connectivity index (χ0) is 22.2. The third-order valence-corrected chi connectivity index (χ3v) is 6.22. The maximum absolute atomic E-state index is 13.0. The van der Waals surface area contributed by atoms with Gasteiger partial charge < -0.3 is 10.2 Å². The predicted molar refractivity (Wildman–Crippen MR) is 116 cm³/mol. The molecule has 31 heavy (non-hydrogen) atoms. The molecule has 1 fully saturated rings. The van der Waals surface area contributed by atoms with Crippen LogP contribution in [0.15, 0.2) is 48.7 Å². The van der Waals surface area contributed by atoms with E-state index in [9.17, 15) is 18.0 Å². The minimum atomic E-state index is -4.39. The summed E-state index contributed by atoms with van der Waals surface area (Å²) in [5.41, 5.74) is -0.356. The van der Waals surface area contributed by atoms with Crippen LogP contribution in [0.3, 0.4) is 0 Å². The van der Waals surface area contributed by atoms with E-state index in [1.807, 2.05) is 4.90 Å². The first-order valence-corrected chi connectivity index (χ1v) is 10.5. The van der Waals surface area contributed by atoms with Gasteiger partial charge in [-0.3, -0.25) is 4.79 Å². The number of nitrogens with zero attached hydrogens (tertiary/aromatic N) is 2. The monoisotopic (exact) mass is 467 g/mol. The molecule has 2 aromatic carbocycles. The van der Waals surface area contributed by atoms with Crippen LogP contribution in [-0.2, 0) is 6.18 Å². The summed E-state index contributed by atoms with van der Waals surface area (Å²) in [6.07, 6.45) is -1.53. The van der Waals surface area contributed by atoms with Gasteiger partial charge in [-0.2, -0.15) is 13.2 Å². The van der Waals surface area contributed by atoms with Gasteiger partial charge in [-0.1, -0.05) is 35.3 Å². The molecule has 1 aliphatic rings. The number of carbonyl (C=O) groups is 1. The molecule has 0 saturated carbocycles. The molecule has 0 spiro atoms. The number of amides is 1. The largest absolute Gasteiger partial charge is 0.416 e.